The average Bonchev–Trinajstić information content (AvgIpc) is 3.51. The third-order valence-corrected chi connectivity index (χ3v) is 9.99. The Hall–Kier alpha value is -2.51. The number of H-pyrrole nitrogens is 1. The number of rotatable bonds is 5. The number of Topliss-reactive ketones (excluding diaryl/α,β-unsaturated/α-hetero) is 1. The van der Waals surface area contributed by atoms with Crippen LogP contribution in [0, 0.1) is 26.7 Å². The highest BCUT2D eigenvalue weighted by Crippen LogP contribution is 2.51. The van der Waals surface area contributed by atoms with Gasteiger partial charge in [0, 0.05) is 34.6 Å². The molecule has 3 aliphatic rings. The van der Waals surface area contributed by atoms with E-state index in [1.54, 1.807) is 18.1 Å². The molecule has 2 bridgehead atoms. The highest BCUT2D eigenvalue weighted by Gasteiger charge is 2.42. The van der Waals surface area contributed by atoms with Crippen LogP contribution in [0.5, 0.6) is 0 Å². The van der Waals surface area contributed by atoms with Crippen LogP contribution >= 0.6 is 11.3 Å². The number of ketones is 1. The zero-order valence-electron chi connectivity index (χ0n) is 21.6. The van der Waals surface area contributed by atoms with Crippen LogP contribution < -0.4 is 0 Å². The SMILES string of the molecule is CC(=O)CN1CC2CC[C@H]1C[C@@H]2c1sc2[nH]c(-c3cn4ncnc4c(C)c3C)c(C(C)C)c2c1C. The maximum atomic E-state index is 11.8. The number of hydrogen-bond acceptors (Lipinski definition) is 5. The number of piperidine rings is 2. The molecule has 6 heterocycles. The van der Waals surface area contributed by atoms with Crippen molar-refractivity contribution in [2.75, 3.05) is 13.1 Å². The number of aromatic amines is 1. The lowest BCUT2D eigenvalue weighted by molar-refractivity contribution is -0.120. The van der Waals surface area contributed by atoms with Crippen molar-refractivity contribution >= 4 is 33.0 Å². The van der Waals surface area contributed by atoms with E-state index in [0.717, 1.165) is 12.2 Å². The second-order valence-electron chi connectivity index (χ2n) is 11.1. The number of nitrogens with zero attached hydrogens (tertiary/aromatic N) is 4. The maximum Gasteiger partial charge on any atom is 0.158 e. The van der Waals surface area contributed by atoms with E-state index >= 15 is 0 Å². The Labute approximate surface area is 210 Å². The molecular formula is C28H35N5OS. The van der Waals surface area contributed by atoms with Gasteiger partial charge in [0.1, 0.15) is 16.9 Å². The van der Waals surface area contributed by atoms with Crippen LogP contribution in [0.2, 0.25) is 0 Å². The molecule has 7 heteroatoms. The molecule has 7 rings (SSSR count). The van der Waals surface area contributed by atoms with Crippen molar-refractivity contribution in [3.8, 4) is 11.3 Å². The molecule has 1 N–H and O–H groups in total. The smallest absolute Gasteiger partial charge is 0.158 e. The van der Waals surface area contributed by atoms with Crippen molar-refractivity contribution in [2.24, 2.45) is 5.92 Å². The molecule has 4 aromatic heterocycles. The largest absolute Gasteiger partial charge is 0.346 e. The molecule has 184 valence electrons. The Bertz CT molecular complexity index is 1460. The van der Waals surface area contributed by atoms with E-state index in [0.29, 0.717) is 36.1 Å². The van der Waals surface area contributed by atoms with E-state index in [2.05, 4.69) is 60.8 Å². The fourth-order valence-electron chi connectivity index (χ4n) is 6.86. The number of nitrogens with one attached hydrogen (secondary N) is 1. The predicted molar refractivity (Wildman–Crippen MR) is 143 cm³/mol. The molecule has 2 aliphatic heterocycles. The van der Waals surface area contributed by atoms with E-state index in [1.807, 2.05) is 15.9 Å². The number of aryl methyl sites for hydroxylation is 2. The first-order valence-electron chi connectivity index (χ1n) is 12.9. The molecule has 4 aromatic rings. The number of carbonyl (C=O) groups is 1. The number of fused-ring (bicyclic) bond motifs is 5. The summed E-state index contributed by atoms with van der Waals surface area (Å²) < 4.78 is 1.90. The molecule has 1 unspecified atom stereocenters. The van der Waals surface area contributed by atoms with Gasteiger partial charge in [-0.2, -0.15) is 5.10 Å². The first-order valence-corrected chi connectivity index (χ1v) is 13.7. The van der Waals surface area contributed by atoms with Crippen molar-refractivity contribution in [3.05, 3.63) is 39.7 Å². The summed E-state index contributed by atoms with van der Waals surface area (Å²) in [6.45, 7) is 14.7. The minimum absolute atomic E-state index is 0.290. The molecule has 0 aromatic carbocycles. The van der Waals surface area contributed by atoms with Crippen LogP contribution in [0.25, 0.3) is 27.1 Å². The third-order valence-electron chi connectivity index (χ3n) is 8.65. The van der Waals surface area contributed by atoms with Crippen LogP contribution in [0.3, 0.4) is 0 Å². The molecule has 2 saturated heterocycles. The quantitative estimate of drug-likeness (QED) is 0.365. The second-order valence-corrected chi connectivity index (χ2v) is 12.2. The van der Waals surface area contributed by atoms with Gasteiger partial charge in [0.25, 0.3) is 0 Å². The fraction of sp³-hybridized carbons (Fsp3) is 0.536. The Kier molecular flexibility index (Phi) is 5.42. The van der Waals surface area contributed by atoms with Crippen molar-refractivity contribution in [1.29, 1.82) is 0 Å². The first-order chi connectivity index (χ1) is 16.7. The van der Waals surface area contributed by atoms with Gasteiger partial charge in [0.15, 0.2) is 5.65 Å². The normalized spacial score (nSPS) is 22.8. The third kappa shape index (κ3) is 3.50. The van der Waals surface area contributed by atoms with Crippen LogP contribution in [0.4, 0.5) is 0 Å². The van der Waals surface area contributed by atoms with Crippen LogP contribution in [-0.4, -0.2) is 49.4 Å². The van der Waals surface area contributed by atoms with E-state index < -0.39 is 0 Å². The Morgan fingerprint density at radius 1 is 1.20 bits per heavy atom. The zero-order chi connectivity index (χ0) is 24.6. The lowest BCUT2D eigenvalue weighted by Gasteiger charge is -2.49. The second kappa shape index (κ2) is 8.27. The average molecular weight is 490 g/mol. The van der Waals surface area contributed by atoms with Crippen molar-refractivity contribution in [3.63, 3.8) is 0 Å². The molecule has 1 aliphatic carbocycles. The summed E-state index contributed by atoms with van der Waals surface area (Å²) in [6.07, 6.45) is 7.47. The summed E-state index contributed by atoms with van der Waals surface area (Å²) in [7, 11) is 0. The van der Waals surface area contributed by atoms with Gasteiger partial charge in [0.05, 0.1) is 12.2 Å². The van der Waals surface area contributed by atoms with Gasteiger partial charge >= 0.3 is 0 Å². The van der Waals surface area contributed by atoms with Gasteiger partial charge in [-0.3, -0.25) is 9.69 Å². The summed E-state index contributed by atoms with van der Waals surface area (Å²) in [5.41, 5.74) is 8.68. The molecule has 6 nitrogen and oxygen atoms in total. The summed E-state index contributed by atoms with van der Waals surface area (Å²) in [6, 6.07) is 0.550. The highest BCUT2D eigenvalue weighted by atomic mass is 32.1. The molecular weight excluding hydrogens is 454 g/mol. The van der Waals surface area contributed by atoms with Gasteiger partial charge < -0.3 is 4.98 Å². The molecule has 0 spiro atoms. The molecule has 35 heavy (non-hydrogen) atoms. The maximum absolute atomic E-state index is 11.8. The molecule has 1 saturated carbocycles. The molecule has 0 amide bonds. The van der Waals surface area contributed by atoms with E-state index in [1.165, 1.54) is 63.0 Å². The Morgan fingerprint density at radius 3 is 2.69 bits per heavy atom. The van der Waals surface area contributed by atoms with Gasteiger partial charge in [-0.25, -0.2) is 9.50 Å². The van der Waals surface area contributed by atoms with Gasteiger partial charge in [-0.05, 0) is 87.0 Å². The van der Waals surface area contributed by atoms with Gasteiger partial charge in [-0.15, -0.1) is 11.3 Å². The monoisotopic (exact) mass is 489 g/mol. The van der Waals surface area contributed by atoms with E-state index in [4.69, 9.17) is 0 Å². The zero-order valence-corrected chi connectivity index (χ0v) is 22.4. The number of hydrogen-bond donors (Lipinski definition) is 1. The first kappa shape index (κ1) is 22.9. The minimum Gasteiger partial charge on any atom is -0.346 e. The minimum atomic E-state index is 0.290. The van der Waals surface area contributed by atoms with Crippen molar-refractivity contribution in [1.82, 2.24) is 24.5 Å². The van der Waals surface area contributed by atoms with Crippen LogP contribution in [-0.2, 0) is 4.79 Å². The van der Waals surface area contributed by atoms with Gasteiger partial charge in [-0.1, -0.05) is 13.8 Å². The summed E-state index contributed by atoms with van der Waals surface area (Å²) in [5, 5.41) is 5.85. The molecule has 3 fully saturated rings. The molecule has 0 radical (unpaired) electrons. The van der Waals surface area contributed by atoms with E-state index in [-0.39, 0.29) is 0 Å². The number of pyridine rings is 1. The van der Waals surface area contributed by atoms with Crippen molar-refractivity contribution in [2.45, 2.75) is 78.7 Å². The van der Waals surface area contributed by atoms with E-state index in [9.17, 15) is 4.79 Å². The predicted octanol–water partition coefficient (Wildman–Crippen LogP) is 6.14. The number of thiophene rings is 1. The Morgan fingerprint density at radius 2 is 2.00 bits per heavy atom. The lowest BCUT2D eigenvalue weighted by atomic mass is 9.70. The van der Waals surface area contributed by atoms with Crippen LogP contribution in [0.1, 0.15) is 79.0 Å². The summed E-state index contributed by atoms with van der Waals surface area (Å²) in [5.74, 6) is 1.96. The summed E-state index contributed by atoms with van der Waals surface area (Å²) in [4.78, 5) is 25.4. The number of carbonyl (C=O) groups excluding carboxylic acids is 1. The standard InChI is InChI=1S/C28H35N5OS/c1-14(2)23-24-18(6)26(21-9-20-8-7-19(21)11-32(20)10-15(3)34)35-28(24)31-25(23)22-12-33-27(29-13-30-33)17(5)16(22)4/h12-14,19-21,31H,7-11H2,1-6H3/t19?,20-,21-/m0/s1. The lowest BCUT2D eigenvalue weighted by Crippen LogP contribution is -2.52. The van der Waals surface area contributed by atoms with Gasteiger partial charge in [0.2, 0.25) is 0 Å². The molecule has 3 atom stereocenters. The number of aromatic nitrogens is 4. The fourth-order valence-corrected chi connectivity index (χ4v) is 8.29. The summed E-state index contributed by atoms with van der Waals surface area (Å²) >= 11 is 1.97. The topological polar surface area (TPSA) is 66.3 Å². The highest BCUT2D eigenvalue weighted by molar-refractivity contribution is 7.19. The Balaban J connectivity index is 1.44. The van der Waals surface area contributed by atoms with Crippen molar-refractivity contribution < 1.29 is 4.79 Å². The van der Waals surface area contributed by atoms with Crippen LogP contribution in [0.15, 0.2) is 12.5 Å².